The number of aromatic nitrogens is 2. The maximum absolute atomic E-state index is 13.3. The number of carboxylic acid groups (broad SMARTS) is 1. The van der Waals surface area contributed by atoms with Gasteiger partial charge in [0.25, 0.3) is 5.91 Å². The van der Waals surface area contributed by atoms with Crippen molar-refractivity contribution in [1.29, 1.82) is 0 Å². The van der Waals surface area contributed by atoms with Crippen LogP contribution in [-0.4, -0.2) is 44.3 Å². The van der Waals surface area contributed by atoms with Gasteiger partial charge in [-0.3, -0.25) is 9.59 Å². The number of para-hydroxylation sites is 1. The number of aliphatic carboxylic acids is 1. The molecule has 1 aliphatic heterocycles. The van der Waals surface area contributed by atoms with Crippen LogP contribution in [0.25, 0.3) is 17.1 Å². The van der Waals surface area contributed by atoms with Gasteiger partial charge in [-0.1, -0.05) is 18.2 Å². The van der Waals surface area contributed by atoms with E-state index in [0.29, 0.717) is 30.0 Å². The minimum atomic E-state index is -0.897. The average molecular weight is 379 g/mol. The molecule has 1 aromatic carbocycles. The van der Waals surface area contributed by atoms with Gasteiger partial charge in [0.15, 0.2) is 5.76 Å². The number of benzene rings is 1. The van der Waals surface area contributed by atoms with Gasteiger partial charge in [-0.25, -0.2) is 4.68 Å². The van der Waals surface area contributed by atoms with E-state index in [2.05, 4.69) is 5.10 Å². The van der Waals surface area contributed by atoms with Crippen molar-refractivity contribution in [2.24, 2.45) is 0 Å². The van der Waals surface area contributed by atoms with Gasteiger partial charge < -0.3 is 14.4 Å². The second-order valence-corrected chi connectivity index (χ2v) is 6.97. The highest BCUT2D eigenvalue weighted by Crippen LogP contribution is 2.29. The number of carbonyl (C=O) groups is 2. The van der Waals surface area contributed by atoms with Gasteiger partial charge in [0, 0.05) is 18.8 Å². The molecule has 1 amide bonds. The molecule has 0 spiro atoms. The smallest absolute Gasteiger partial charge is 0.305 e. The van der Waals surface area contributed by atoms with Gasteiger partial charge in [0.1, 0.15) is 11.5 Å². The average Bonchev–Trinajstić information content (AvgIpc) is 3.40. The lowest BCUT2D eigenvalue weighted by molar-refractivity contribution is -0.137. The summed E-state index contributed by atoms with van der Waals surface area (Å²) in [7, 11) is 0. The Bertz CT molecular complexity index is 1010. The molecule has 3 heterocycles. The summed E-state index contributed by atoms with van der Waals surface area (Å²) in [5.41, 5.74) is 1.70. The molecule has 7 heteroatoms. The van der Waals surface area contributed by atoms with Gasteiger partial charge in [-0.2, -0.15) is 5.10 Å². The van der Waals surface area contributed by atoms with Gasteiger partial charge in [-0.15, -0.1) is 0 Å². The predicted octanol–water partition coefficient (Wildman–Crippen LogP) is 3.52. The van der Waals surface area contributed by atoms with Crippen LogP contribution in [0.3, 0.4) is 0 Å². The Morgan fingerprint density at radius 1 is 1.21 bits per heavy atom. The second-order valence-electron chi connectivity index (χ2n) is 6.97. The highest BCUT2D eigenvalue weighted by Gasteiger charge is 2.33. The maximum Gasteiger partial charge on any atom is 0.305 e. The minimum Gasteiger partial charge on any atom is -0.481 e. The van der Waals surface area contributed by atoms with Crippen molar-refractivity contribution < 1.29 is 19.1 Å². The molecule has 1 saturated heterocycles. The fraction of sp³-hybridized carbons (Fsp3) is 0.286. The molecule has 0 bridgehead atoms. The molecule has 1 atom stereocenters. The number of nitrogens with zero attached hydrogens (tertiary/aromatic N) is 3. The van der Waals surface area contributed by atoms with Crippen LogP contribution in [-0.2, 0) is 4.79 Å². The van der Waals surface area contributed by atoms with Crippen LogP contribution in [0.5, 0.6) is 0 Å². The molecule has 3 aromatic rings. The van der Waals surface area contributed by atoms with E-state index in [-0.39, 0.29) is 18.4 Å². The Morgan fingerprint density at radius 2 is 2.00 bits per heavy atom. The first-order valence-corrected chi connectivity index (χ1v) is 9.27. The highest BCUT2D eigenvalue weighted by molar-refractivity contribution is 6.00. The summed E-state index contributed by atoms with van der Waals surface area (Å²) in [6.45, 7) is 2.38. The molecular formula is C21H21N3O4. The summed E-state index contributed by atoms with van der Waals surface area (Å²) in [6.07, 6.45) is 3.14. The summed E-state index contributed by atoms with van der Waals surface area (Å²) >= 11 is 0. The lowest BCUT2D eigenvalue weighted by Gasteiger charge is -2.23. The van der Waals surface area contributed by atoms with Crippen LogP contribution >= 0.6 is 0 Å². The molecule has 1 unspecified atom stereocenters. The van der Waals surface area contributed by atoms with Crippen LogP contribution in [0.2, 0.25) is 0 Å². The number of rotatable bonds is 5. The SMILES string of the molecule is Cc1ccc(-c2nn(-c3ccccc3)cc2C(=O)N2CCCC2CC(=O)O)o1. The highest BCUT2D eigenvalue weighted by atomic mass is 16.4. The number of amides is 1. The van der Waals surface area contributed by atoms with Gasteiger partial charge in [-0.05, 0) is 44.0 Å². The lowest BCUT2D eigenvalue weighted by atomic mass is 10.1. The largest absolute Gasteiger partial charge is 0.481 e. The third kappa shape index (κ3) is 3.43. The van der Waals surface area contributed by atoms with Crippen molar-refractivity contribution >= 4 is 11.9 Å². The molecule has 28 heavy (non-hydrogen) atoms. The van der Waals surface area contributed by atoms with Crippen LogP contribution < -0.4 is 0 Å². The van der Waals surface area contributed by atoms with Gasteiger partial charge in [0.05, 0.1) is 17.7 Å². The van der Waals surface area contributed by atoms with Crippen molar-refractivity contribution in [3.63, 3.8) is 0 Å². The van der Waals surface area contributed by atoms with Crippen LogP contribution in [0, 0.1) is 6.92 Å². The van der Waals surface area contributed by atoms with E-state index < -0.39 is 5.97 Å². The van der Waals surface area contributed by atoms with Crippen molar-refractivity contribution in [3.8, 4) is 17.1 Å². The number of aryl methyl sites for hydroxylation is 1. The summed E-state index contributed by atoms with van der Waals surface area (Å²) in [5, 5.41) is 13.8. The molecule has 0 radical (unpaired) electrons. The molecule has 1 fully saturated rings. The normalized spacial score (nSPS) is 16.5. The Kier molecular flexibility index (Phi) is 4.73. The number of furan rings is 1. The van der Waals surface area contributed by atoms with Crippen molar-refractivity contribution in [1.82, 2.24) is 14.7 Å². The third-order valence-electron chi connectivity index (χ3n) is 4.99. The maximum atomic E-state index is 13.3. The molecular weight excluding hydrogens is 358 g/mol. The van der Waals surface area contributed by atoms with Crippen LogP contribution in [0.1, 0.15) is 35.4 Å². The van der Waals surface area contributed by atoms with E-state index in [0.717, 1.165) is 17.9 Å². The quantitative estimate of drug-likeness (QED) is 0.733. The van der Waals surface area contributed by atoms with E-state index >= 15 is 0 Å². The van der Waals surface area contributed by atoms with Crippen LogP contribution in [0.15, 0.2) is 53.1 Å². The zero-order valence-electron chi connectivity index (χ0n) is 15.5. The first-order chi connectivity index (χ1) is 13.5. The zero-order valence-corrected chi connectivity index (χ0v) is 15.5. The molecule has 0 aliphatic carbocycles. The monoisotopic (exact) mass is 379 g/mol. The Labute approximate surface area is 162 Å². The molecule has 0 saturated carbocycles. The van der Waals surface area contributed by atoms with Crippen LogP contribution in [0.4, 0.5) is 0 Å². The van der Waals surface area contributed by atoms with E-state index in [1.54, 1.807) is 21.8 Å². The first kappa shape index (κ1) is 18.0. The summed E-state index contributed by atoms with van der Waals surface area (Å²) in [4.78, 5) is 26.1. The van der Waals surface area contributed by atoms with Crippen molar-refractivity contribution in [2.45, 2.75) is 32.2 Å². The molecule has 4 rings (SSSR count). The molecule has 1 aliphatic rings. The van der Waals surface area contributed by atoms with E-state index in [1.165, 1.54) is 0 Å². The van der Waals surface area contributed by atoms with Crippen molar-refractivity contribution in [2.75, 3.05) is 6.54 Å². The summed E-state index contributed by atoms with van der Waals surface area (Å²) in [6, 6.07) is 12.9. The fourth-order valence-electron chi connectivity index (χ4n) is 3.66. The standard InChI is InChI=1S/C21H21N3O4/c1-14-9-10-18(28-14)20-17(13-24(22-20)15-6-3-2-4-7-15)21(27)23-11-5-8-16(23)12-19(25)26/h2-4,6-7,9-10,13,16H,5,8,11-12H2,1H3,(H,25,26). The summed E-state index contributed by atoms with van der Waals surface area (Å²) < 4.78 is 7.38. The zero-order chi connectivity index (χ0) is 19.7. The third-order valence-corrected chi connectivity index (χ3v) is 4.99. The molecule has 2 aromatic heterocycles. The van der Waals surface area contributed by atoms with Gasteiger partial charge >= 0.3 is 5.97 Å². The van der Waals surface area contributed by atoms with E-state index in [1.807, 2.05) is 43.3 Å². The molecule has 144 valence electrons. The Morgan fingerprint density at radius 3 is 2.68 bits per heavy atom. The molecule has 7 nitrogen and oxygen atoms in total. The van der Waals surface area contributed by atoms with E-state index in [9.17, 15) is 9.59 Å². The van der Waals surface area contributed by atoms with Gasteiger partial charge in [0.2, 0.25) is 0 Å². The van der Waals surface area contributed by atoms with Crippen molar-refractivity contribution in [3.05, 3.63) is 60.0 Å². The lowest BCUT2D eigenvalue weighted by Crippen LogP contribution is -2.36. The Hall–Kier alpha value is -3.35. The number of carbonyl (C=O) groups excluding carboxylic acids is 1. The number of hydrogen-bond donors (Lipinski definition) is 1. The number of likely N-dealkylation sites (tertiary alicyclic amines) is 1. The Balaban J connectivity index is 1.75. The minimum absolute atomic E-state index is 0.0479. The van der Waals surface area contributed by atoms with E-state index in [4.69, 9.17) is 9.52 Å². The molecule has 1 N–H and O–H groups in total. The predicted molar refractivity (Wildman–Crippen MR) is 102 cm³/mol. The first-order valence-electron chi connectivity index (χ1n) is 9.27. The fourth-order valence-corrected chi connectivity index (χ4v) is 3.66. The number of hydrogen-bond acceptors (Lipinski definition) is 4. The topological polar surface area (TPSA) is 88.6 Å². The second kappa shape index (κ2) is 7.34. The summed E-state index contributed by atoms with van der Waals surface area (Å²) in [5.74, 6) is 0.138. The number of carboxylic acids is 1.